The molecule has 2 aromatic rings. The number of aliphatic hydroxyl groups excluding tert-OH is 1. The molecule has 12 nitrogen and oxygen atoms in total. The van der Waals surface area contributed by atoms with E-state index in [0.29, 0.717) is 0 Å². The van der Waals surface area contributed by atoms with Gasteiger partial charge in [-0.3, -0.25) is 19.2 Å². The van der Waals surface area contributed by atoms with Gasteiger partial charge >= 0.3 is 12.1 Å². The van der Waals surface area contributed by atoms with Crippen molar-refractivity contribution in [2.45, 2.75) is 82.0 Å². The van der Waals surface area contributed by atoms with Crippen molar-refractivity contribution >= 4 is 23.3 Å². The van der Waals surface area contributed by atoms with Gasteiger partial charge in [0.1, 0.15) is 29.0 Å². The van der Waals surface area contributed by atoms with Crippen molar-refractivity contribution in [3.63, 3.8) is 0 Å². The van der Waals surface area contributed by atoms with E-state index in [0.717, 1.165) is 0 Å². The van der Waals surface area contributed by atoms with E-state index < -0.39 is 108 Å². The van der Waals surface area contributed by atoms with E-state index in [1.807, 2.05) is 0 Å². The van der Waals surface area contributed by atoms with Crippen molar-refractivity contribution in [2.75, 3.05) is 7.11 Å². The molecule has 15 heteroatoms. The second-order valence-corrected chi connectivity index (χ2v) is 11.3. The van der Waals surface area contributed by atoms with Crippen LogP contribution >= 0.6 is 0 Å². The maximum atomic E-state index is 13.7. The molecule has 1 amide bonds. The van der Waals surface area contributed by atoms with Gasteiger partial charge in [-0.15, -0.1) is 0 Å². The third-order valence-electron chi connectivity index (χ3n) is 8.51. The minimum Gasteiger partial charge on any atom is -0.507 e. The number of amides is 1. The maximum absolute atomic E-state index is 13.7. The summed E-state index contributed by atoms with van der Waals surface area (Å²) in [5.41, 5.74) is -4.11. The summed E-state index contributed by atoms with van der Waals surface area (Å²) in [7, 11) is 1.27. The van der Waals surface area contributed by atoms with E-state index in [1.54, 1.807) is 5.32 Å². The molecule has 3 aliphatic rings. The number of rotatable bonds is 6. The average Bonchev–Trinajstić information content (AvgIpc) is 2.98. The van der Waals surface area contributed by atoms with Crippen LogP contribution in [0.1, 0.15) is 82.2 Å². The Labute approximate surface area is 253 Å². The van der Waals surface area contributed by atoms with Crippen LogP contribution in [-0.4, -0.2) is 87.1 Å². The smallest absolute Gasteiger partial charge is 0.471 e. The number of hydrogen-bond acceptors (Lipinski definition) is 11. The molecule has 2 aliphatic carbocycles. The van der Waals surface area contributed by atoms with Crippen LogP contribution in [0.2, 0.25) is 0 Å². The highest BCUT2D eigenvalue weighted by molar-refractivity contribution is 6.31. The number of aliphatic hydroxyl groups is 2. The average molecular weight is 638 g/mol. The number of aromatic hydroxyl groups is 2. The van der Waals surface area contributed by atoms with Gasteiger partial charge in [0, 0.05) is 42.4 Å². The number of Topliss-reactive ketones (excluding diaryl/α,β-unsaturated/α-hetero) is 1. The first-order chi connectivity index (χ1) is 21.0. The molecule has 1 saturated heterocycles. The molecule has 0 bridgehead atoms. The highest BCUT2D eigenvalue weighted by atomic mass is 19.4. The monoisotopic (exact) mass is 637 g/mol. The Hall–Kier alpha value is -4.05. The van der Waals surface area contributed by atoms with Gasteiger partial charge in [-0.2, -0.15) is 13.2 Å². The molecule has 0 aromatic heterocycles. The fourth-order valence-corrected chi connectivity index (χ4v) is 6.29. The van der Waals surface area contributed by atoms with Crippen LogP contribution in [0.5, 0.6) is 17.2 Å². The Morgan fingerprint density at radius 2 is 1.78 bits per heavy atom. The molecule has 0 spiro atoms. The highest BCUT2D eigenvalue weighted by Gasteiger charge is 2.50. The first-order valence-corrected chi connectivity index (χ1v) is 14.0. The highest BCUT2D eigenvalue weighted by Crippen LogP contribution is 2.52. The molecule has 5 N–H and O–H groups in total. The normalized spacial score (nSPS) is 27.7. The predicted molar refractivity (Wildman–Crippen MR) is 145 cm³/mol. The van der Waals surface area contributed by atoms with E-state index >= 15 is 0 Å². The van der Waals surface area contributed by atoms with Gasteiger partial charge in [0.05, 0.1) is 42.0 Å². The minimum atomic E-state index is -5.25. The number of phenols is 2. The number of hydrogen-bond donors (Lipinski definition) is 5. The summed E-state index contributed by atoms with van der Waals surface area (Å²) in [4.78, 5) is 51.9. The van der Waals surface area contributed by atoms with Crippen molar-refractivity contribution in [1.82, 2.24) is 5.32 Å². The molecule has 2 aromatic carbocycles. The lowest BCUT2D eigenvalue weighted by atomic mass is 9.71. The Morgan fingerprint density at radius 1 is 1.11 bits per heavy atom. The molecular weight excluding hydrogens is 607 g/mol. The van der Waals surface area contributed by atoms with Gasteiger partial charge in [0.2, 0.25) is 5.78 Å². The summed E-state index contributed by atoms with van der Waals surface area (Å²) in [6.07, 6.45) is -12.8. The number of nitrogens with one attached hydrogen (secondary N) is 1. The fourth-order valence-electron chi connectivity index (χ4n) is 6.29. The summed E-state index contributed by atoms with van der Waals surface area (Å²) in [6, 6.07) is 2.72. The molecule has 1 heterocycles. The van der Waals surface area contributed by atoms with Crippen molar-refractivity contribution in [2.24, 2.45) is 0 Å². The lowest BCUT2D eigenvalue weighted by Gasteiger charge is -2.43. The van der Waals surface area contributed by atoms with Gasteiger partial charge in [-0.25, -0.2) is 0 Å². The van der Waals surface area contributed by atoms with Crippen LogP contribution in [0.4, 0.5) is 13.2 Å². The van der Waals surface area contributed by atoms with Gasteiger partial charge in [0.25, 0.3) is 0 Å². The Balaban J connectivity index is 1.61. The van der Waals surface area contributed by atoms with Crippen LogP contribution in [-0.2, 0) is 25.5 Å². The molecular formula is C30H30F3NO11. The number of halogens is 3. The second-order valence-electron chi connectivity index (χ2n) is 11.3. The molecule has 5 rings (SSSR count). The Bertz CT molecular complexity index is 1610. The number of ether oxygens (including phenoxy) is 3. The number of carbonyl (C=O) groups excluding carboxylic acids is 4. The number of alkyl halides is 3. The van der Waals surface area contributed by atoms with Crippen LogP contribution in [0, 0.1) is 0 Å². The zero-order chi connectivity index (χ0) is 33.2. The molecule has 242 valence electrons. The number of fused-ring (bicyclic) bond motifs is 3. The van der Waals surface area contributed by atoms with Crippen molar-refractivity contribution in [3.05, 3.63) is 51.6 Å². The van der Waals surface area contributed by atoms with E-state index in [4.69, 9.17) is 14.2 Å². The van der Waals surface area contributed by atoms with Gasteiger partial charge < -0.3 is 40.0 Å². The number of phenolic OH excluding ortho intramolecular Hbond substituents is 2. The third-order valence-corrected chi connectivity index (χ3v) is 8.51. The van der Waals surface area contributed by atoms with Crippen LogP contribution in [0.3, 0.4) is 0 Å². The van der Waals surface area contributed by atoms with Crippen molar-refractivity contribution in [1.29, 1.82) is 0 Å². The van der Waals surface area contributed by atoms with Crippen molar-refractivity contribution in [3.8, 4) is 17.2 Å². The molecule has 1 fully saturated rings. The fraction of sp³-hybridized carbons (Fsp3) is 0.467. The van der Waals surface area contributed by atoms with Crippen LogP contribution in [0.15, 0.2) is 18.2 Å². The van der Waals surface area contributed by atoms with E-state index in [2.05, 4.69) is 0 Å². The SMILES string of the molecule is CCC(=O)[C@]1(O)Cc2c(O)c3c(c(O)c2C(OC2CC(NC(=O)C(F)(F)F)C(O)C(C)O2)C1)C(=O)c1c(OC)cccc1C3=O. The summed E-state index contributed by atoms with van der Waals surface area (Å²) in [6.45, 7) is 2.79. The largest absolute Gasteiger partial charge is 0.507 e. The van der Waals surface area contributed by atoms with E-state index in [1.165, 1.54) is 39.2 Å². The summed E-state index contributed by atoms with van der Waals surface area (Å²) in [5, 5.41) is 46.6. The second kappa shape index (κ2) is 11.4. The molecule has 5 unspecified atom stereocenters. The summed E-state index contributed by atoms with van der Waals surface area (Å²) in [5.74, 6) is -6.21. The standard InChI is InChI=1S/C30H30F3NO11/c1-4-17(35)29(42)9-13-20(16(10-29)45-18-8-14(23(36)11(2)44-18)34-28(41)30(31,32)33)27(40)22-21(25(13)38)24(37)12-6-5-7-15(43-3)19(12)26(22)39/h5-7,11,14,16,18,23,36,38,40,42H,4,8-10H2,1-3H3,(H,34,41)/t11?,14?,16?,18?,23?,29-/m0/s1. The Kier molecular flexibility index (Phi) is 8.19. The van der Waals surface area contributed by atoms with Gasteiger partial charge in [0.15, 0.2) is 17.9 Å². The molecule has 0 saturated carbocycles. The van der Waals surface area contributed by atoms with Crippen LogP contribution in [0.25, 0.3) is 0 Å². The number of ketones is 3. The lowest BCUT2D eigenvalue weighted by Crippen LogP contribution is -2.57. The van der Waals surface area contributed by atoms with Crippen LogP contribution < -0.4 is 10.1 Å². The Morgan fingerprint density at radius 3 is 2.40 bits per heavy atom. The molecule has 1 aliphatic heterocycles. The third kappa shape index (κ3) is 5.32. The zero-order valence-corrected chi connectivity index (χ0v) is 24.2. The maximum Gasteiger partial charge on any atom is 0.471 e. The number of carbonyl (C=O) groups is 4. The lowest BCUT2D eigenvalue weighted by molar-refractivity contribution is -0.250. The number of methoxy groups -OCH3 is 1. The van der Waals surface area contributed by atoms with Crippen molar-refractivity contribution < 1.29 is 67.0 Å². The quantitative estimate of drug-likeness (QED) is 0.249. The summed E-state index contributed by atoms with van der Waals surface area (Å²) < 4.78 is 55.7. The predicted octanol–water partition coefficient (Wildman–Crippen LogP) is 2.14. The topological polar surface area (TPSA) is 189 Å². The zero-order valence-electron chi connectivity index (χ0n) is 24.2. The summed E-state index contributed by atoms with van der Waals surface area (Å²) >= 11 is 0. The van der Waals surface area contributed by atoms with Gasteiger partial charge in [-0.05, 0) is 13.0 Å². The van der Waals surface area contributed by atoms with E-state index in [9.17, 15) is 52.8 Å². The molecule has 0 radical (unpaired) electrons. The molecule has 45 heavy (non-hydrogen) atoms. The molecule has 6 atom stereocenters. The van der Waals surface area contributed by atoms with E-state index in [-0.39, 0.29) is 34.4 Å². The minimum absolute atomic E-state index is 0.0268. The number of benzene rings is 2. The first kappa shape index (κ1) is 32.3. The first-order valence-electron chi connectivity index (χ1n) is 14.0. The van der Waals surface area contributed by atoms with Gasteiger partial charge in [-0.1, -0.05) is 19.1 Å².